The largest absolute Gasteiger partial charge is 0.399 e. The molecule has 4 nitrogen and oxygen atoms in total. The first-order valence-electron chi connectivity index (χ1n) is 5.59. The number of thioether (sulfide) groups is 1. The second kappa shape index (κ2) is 4.87. The van der Waals surface area contributed by atoms with Gasteiger partial charge in [-0.05, 0) is 30.4 Å². The van der Waals surface area contributed by atoms with Gasteiger partial charge in [0.05, 0.1) is 0 Å². The number of carbonyl (C=O) groups is 1. The van der Waals surface area contributed by atoms with Crippen LogP contribution in [0.5, 0.6) is 0 Å². The molecule has 1 aromatic rings. The highest BCUT2D eigenvalue weighted by Gasteiger charge is 2.24. The Kier molecular flexibility index (Phi) is 3.47. The first-order valence-corrected chi connectivity index (χ1v) is 6.74. The van der Waals surface area contributed by atoms with E-state index in [4.69, 9.17) is 11.5 Å². The van der Waals surface area contributed by atoms with E-state index in [2.05, 4.69) is 0 Å². The zero-order valence-corrected chi connectivity index (χ0v) is 10.7. The van der Waals surface area contributed by atoms with Gasteiger partial charge in [0.25, 0.3) is 5.91 Å². The minimum atomic E-state index is -0.00324. The maximum atomic E-state index is 12.2. The molecule has 92 valence electrons. The quantitative estimate of drug-likeness (QED) is 0.780. The van der Waals surface area contributed by atoms with E-state index in [0.29, 0.717) is 23.0 Å². The first-order chi connectivity index (χ1) is 8.08. The molecule has 4 N–H and O–H groups in total. The molecular weight excluding hydrogens is 234 g/mol. The average Bonchev–Trinajstić information content (AvgIpc) is 2.79. The number of hydrogen-bond donors (Lipinski definition) is 2. The van der Waals surface area contributed by atoms with Crippen LogP contribution in [-0.2, 0) is 0 Å². The number of rotatable bonds is 2. The minimum Gasteiger partial charge on any atom is -0.399 e. The molecule has 5 heteroatoms. The Morgan fingerprint density at radius 1 is 1.35 bits per heavy atom. The summed E-state index contributed by atoms with van der Waals surface area (Å²) in [4.78, 5) is 14.0. The van der Waals surface area contributed by atoms with Crippen molar-refractivity contribution in [1.29, 1.82) is 0 Å². The Bertz CT molecular complexity index is 410. The summed E-state index contributed by atoms with van der Waals surface area (Å²) in [6, 6.07) is 5.34. The molecule has 1 heterocycles. The van der Waals surface area contributed by atoms with Crippen LogP contribution in [0, 0.1) is 0 Å². The summed E-state index contributed by atoms with van der Waals surface area (Å²) in [5, 5.41) is 0. The van der Waals surface area contributed by atoms with E-state index in [1.165, 1.54) is 0 Å². The van der Waals surface area contributed by atoms with Crippen molar-refractivity contribution in [2.75, 3.05) is 30.0 Å². The summed E-state index contributed by atoms with van der Waals surface area (Å²) < 4.78 is 0. The number of benzene rings is 1. The zero-order valence-electron chi connectivity index (χ0n) is 9.85. The van der Waals surface area contributed by atoms with E-state index in [1.54, 1.807) is 23.1 Å². The van der Waals surface area contributed by atoms with Gasteiger partial charge in [-0.25, -0.2) is 0 Å². The van der Waals surface area contributed by atoms with Crippen molar-refractivity contribution >= 4 is 29.0 Å². The summed E-state index contributed by atoms with van der Waals surface area (Å²) in [6.07, 6.45) is 1.06. The van der Waals surface area contributed by atoms with Crippen molar-refractivity contribution in [2.24, 2.45) is 0 Å². The summed E-state index contributed by atoms with van der Waals surface area (Å²) in [5.41, 5.74) is 13.0. The average molecular weight is 251 g/mol. The number of amides is 1. The maximum Gasteiger partial charge on any atom is 0.254 e. The predicted molar refractivity (Wildman–Crippen MR) is 73.1 cm³/mol. The molecule has 1 aliphatic heterocycles. The molecule has 0 aliphatic carbocycles. The van der Waals surface area contributed by atoms with E-state index >= 15 is 0 Å². The molecule has 0 radical (unpaired) electrons. The molecule has 0 aromatic heterocycles. The monoisotopic (exact) mass is 251 g/mol. The van der Waals surface area contributed by atoms with Gasteiger partial charge < -0.3 is 16.4 Å². The van der Waals surface area contributed by atoms with Crippen LogP contribution in [0.1, 0.15) is 16.8 Å². The van der Waals surface area contributed by atoms with Gasteiger partial charge >= 0.3 is 0 Å². The Labute approximate surface area is 105 Å². The number of anilines is 2. The standard InChI is InChI=1S/C12H17N3OS/c1-15(11-2-3-17-7-11)12(16)8-4-9(13)6-10(14)5-8/h4-6,11H,2-3,7,13-14H2,1H3. The lowest BCUT2D eigenvalue weighted by Gasteiger charge is -2.24. The molecule has 1 fully saturated rings. The highest BCUT2D eigenvalue weighted by atomic mass is 32.2. The van der Waals surface area contributed by atoms with E-state index in [9.17, 15) is 4.79 Å². The summed E-state index contributed by atoms with van der Waals surface area (Å²) in [7, 11) is 1.85. The molecule has 0 saturated carbocycles. The third-order valence-electron chi connectivity index (χ3n) is 3.00. The van der Waals surface area contributed by atoms with Crippen LogP contribution in [0.15, 0.2) is 18.2 Å². The SMILES string of the molecule is CN(C(=O)c1cc(N)cc(N)c1)C1CCSC1. The van der Waals surface area contributed by atoms with Gasteiger partial charge in [-0.2, -0.15) is 11.8 Å². The zero-order chi connectivity index (χ0) is 12.4. The number of nitrogens with two attached hydrogens (primary N) is 2. The maximum absolute atomic E-state index is 12.2. The van der Waals surface area contributed by atoms with Crippen LogP contribution < -0.4 is 11.5 Å². The highest BCUT2D eigenvalue weighted by Crippen LogP contribution is 2.23. The molecule has 1 aliphatic rings. The van der Waals surface area contributed by atoms with Gasteiger partial charge in [0.2, 0.25) is 0 Å². The Morgan fingerprint density at radius 2 is 2.00 bits per heavy atom. The molecule has 1 amide bonds. The lowest BCUT2D eigenvalue weighted by atomic mass is 10.1. The van der Waals surface area contributed by atoms with Crippen LogP contribution in [0.25, 0.3) is 0 Å². The first kappa shape index (κ1) is 12.1. The Morgan fingerprint density at radius 3 is 2.53 bits per heavy atom. The van der Waals surface area contributed by atoms with Gasteiger partial charge in [-0.3, -0.25) is 4.79 Å². The van der Waals surface area contributed by atoms with Crippen LogP contribution >= 0.6 is 11.8 Å². The van der Waals surface area contributed by atoms with Crippen molar-refractivity contribution in [3.05, 3.63) is 23.8 Å². The Balaban J connectivity index is 2.17. The summed E-state index contributed by atoms with van der Waals surface area (Å²) in [6.45, 7) is 0. The van der Waals surface area contributed by atoms with Crippen LogP contribution in [0.2, 0.25) is 0 Å². The molecule has 0 bridgehead atoms. The van der Waals surface area contributed by atoms with E-state index in [1.807, 2.05) is 18.8 Å². The molecular formula is C12H17N3OS. The van der Waals surface area contributed by atoms with Crippen LogP contribution in [0.3, 0.4) is 0 Å². The second-order valence-corrected chi connectivity index (χ2v) is 5.47. The fourth-order valence-corrected chi connectivity index (χ4v) is 3.26. The molecule has 2 rings (SSSR count). The predicted octanol–water partition coefficient (Wildman–Crippen LogP) is 1.43. The lowest BCUT2D eigenvalue weighted by molar-refractivity contribution is 0.0748. The summed E-state index contributed by atoms with van der Waals surface area (Å²) >= 11 is 1.89. The molecule has 1 aromatic carbocycles. The molecule has 17 heavy (non-hydrogen) atoms. The fraction of sp³-hybridized carbons (Fsp3) is 0.417. The molecule has 1 saturated heterocycles. The van der Waals surface area contributed by atoms with Crippen molar-refractivity contribution < 1.29 is 4.79 Å². The van der Waals surface area contributed by atoms with E-state index < -0.39 is 0 Å². The van der Waals surface area contributed by atoms with Gasteiger partial charge in [0.1, 0.15) is 0 Å². The van der Waals surface area contributed by atoms with Crippen molar-refractivity contribution in [3.8, 4) is 0 Å². The number of hydrogen-bond acceptors (Lipinski definition) is 4. The van der Waals surface area contributed by atoms with Crippen molar-refractivity contribution in [3.63, 3.8) is 0 Å². The minimum absolute atomic E-state index is 0.00324. The van der Waals surface area contributed by atoms with Gasteiger partial charge in [-0.15, -0.1) is 0 Å². The number of carbonyl (C=O) groups excluding carboxylic acids is 1. The lowest BCUT2D eigenvalue weighted by Crippen LogP contribution is -2.37. The van der Waals surface area contributed by atoms with Gasteiger partial charge in [0.15, 0.2) is 0 Å². The fourth-order valence-electron chi connectivity index (χ4n) is 2.00. The second-order valence-electron chi connectivity index (χ2n) is 4.32. The smallest absolute Gasteiger partial charge is 0.254 e. The molecule has 0 spiro atoms. The third-order valence-corrected chi connectivity index (χ3v) is 4.14. The molecule has 1 unspecified atom stereocenters. The highest BCUT2D eigenvalue weighted by molar-refractivity contribution is 7.99. The normalized spacial score (nSPS) is 19.2. The Hall–Kier alpha value is -1.36. The molecule has 1 atom stereocenters. The topological polar surface area (TPSA) is 72.3 Å². The number of nitrogen functional groups attached to an aromatic ring is 2. The van der Waals surface area contributed by atoms with Crippen LogP contribution in [-0.4, -0.2) is 35.4 Å². The van der Waals surface area contributed by atoms with Crippen LogP contribution in [0.4, 0.5) is 11.4 Å². The van der Waals surface area contributed by atoms with Gasteiger partial charge in [0, 0.05) is 35.8 Å². The van der Waals surface area contributed by atoms with Crippen molar-refractivity contribution in [2.45, 2.75) is 12.5 Å². The van der Waals surface area contributed by atoms with E-state index in [0.717, 1.165) is 17.9 Å². The number of nitrogens with zero attached hydrogens (tertiary/aromatic N) is 1. The van der Waals surface area contributed by atoms with Crippen molar-refractivity contribution in [1.82, 2.24) is 4.90 Å². The van der Waals surface area contributed by atoms with Gasteiger partial charge in [-0.1, -0.05) is 0 Å². The summed E-state index contributed by atoms with van der Waals surface area (Å²) in [5.74, 6) is 2.14. The third kappa shape index (κ3) is 2.66. The van der Waals surface area contributed by atoms with E-state index in [-0.39, 0.29) is 5.91 Å².